The van der Waals surface area contributed by atoms with Gasteiger partial charge in [-0.2, -0.15) is 5.26 Å². The molecule has 3 unspecified atom stereocenters. The lowest BCUT2D eigenvalue weighted by Crippen LogP contribution is -2.42. The highest BCUT2D eigenvalue weighted by atomic mass is 16.4. The quantitative estimate of drug-likeness (QED) is 0.762. The zero-order valence-electron chi connectivity index (χ0n) is 13.3. The summed E-state index contributed by atoms with van der Waals surface area (Å²) in [5.74, 6) is -0.0582. The lowest BCUT2D eigenvalue weighted by molar-refractivity contribution is -0.142. The van der Waals surface area contributed by atoms with E-state index >= 15 is 0 Å². The molecule has 2 rings (SSSR count). The number of carboxylic acid groups (broad SMARTS) is 1. The lowest BCUT2D eigenvalue weighted by Gasteiger charge is -2.33. The molecule has 1 aliphatic carbocycles. The summed E-state index contributed by atoms with van der Waals surface area (Å²) < 4.78 is 0. The van der Waals surface area contributed by atoms with E-state index in [4.69, 9.17) is 5.26 Å². The maximum atomic E-state index is 11.5. The Morgan fingerprint density at radius 2 is 2.05 bits per heavy atom. The van der Waals surface area contributed by atoms with Crippen LogP contribution in [0.2, 0.25) is 0 Å². The van der Waals surface area contributed by atoms with E-state index in [1.807, 2.05) is 13.8 Å². The van der Waals surface area contributed by atoms with Crippen molar-refractivity contribution in [1.82, 2.24) is 4.90 Å². The van der Waals surface area contributed by atoms with Crippen molar-refractivity contribution >= 4 is 5.97 Å². The number of aliphatic carboxylic acids is 1. The summed E-state index contributed by atoms with van der Waals surface area (Å²) in [5, 5.41) is 18.5. The Balaban J connectivity index is 1.87. The first kappa shape index (κ1) is 16.3. The van der Waals surface area contributed by atoms with Crippen molar-refractivity contribution in [3.63, 3.8) is 0 Å². The zero-order chi connectivity index (χ0) is 15.5. The van der Waals surface area contributed by atoms with Gasteiger partial charge < -0.3 is 5.11 Å². The van der Waals surface area contributed by atoms with E-state index in [1.54, 1.807) is 0 Å². The van der Waals surface area contributed by atoms with Crippen molar-refractivity contribution < 1.29 is 9.90 Å². The predicted octanol–water partition coefficient (Wildman–Crippen LogP) is 3.42. The van der Waals surface area contributed by atoms with E-state index in [1.165, 1.54) is 19.3 Å². The summed E-state index contributed by atoms with van der Waals surface area (Å²) in [4.78, 5) is 13.8. The number of nitriles is 1. The van der Waals surface area contributed by atoms with Crippen molar-refractivity contribution in [2.24, 2.45) is 11.3 Å². The van der Waals surface area contributed by atoms with E-state index in [9.17, 15) is 9.90 Å². The average Bonchev–Trinajstić information content (AvgIpc) is 2.83. The van der Waals surface area contributed by atoms with Crippen molar-refractivity contribution in [3.05, 3.63) is 0 Å². The monoisotopic (exact) mass is 292 g/mol. The van der Waals surface area contributed by atoms with Crippen LogP contribution in [0, 0.1) is 22.7 Å². The maximum absolute atomic E-state index is 11.5. The van der Waals surface area contributed by atoms with Crippen LogP contribution < -0.4 is 0 Å². The van der Waals surface area contributed by atoms with Gasteiger partial charge in [-0.1, -0.05) is 19.3 Å². The van der Waals surface area contributed by atoms with Gasteiger partial charge in [-0.3, -0.25) is 9.69 Å². The minimum absolute atomic E-state index is 0.259. The number of hydrogen-bond acceptors (Lipinski definition) is 3. The number of hydrogen-bond donors (Lipinski definition) is 1. The molecule has 2 aliphatic rings. The van der Waals surface area contributed by atoms with Gasteiger partial charge in [0.15, 0.2) is 0 Å². The molecule has 21 heavy (non-hydrogen) atoms. The lowest BCUT2D eigenvalue weighted by atomic mass is 9.84. The Morgan fingerprint density at radius 1 is 1.33 bits per heavy atom. The van der Waals surface area contributed by atoms with Crippen LogP contribution in [0.15, 0.2) is 0 Å². The van der Waals surface area contributed by atoms with Crippen molar-refractivity contribution in [2.45, 2.75) is 77.3 Å². The molecule has 0 spiro atoms. The Hall–Kier alpha value is -1.08. The zero-order valence-corrected chi connectivity index (χ0v) is 13.3. The summed E-state index contributed by atoms with van der Waals surface area (Å²) >= 11 is 0. The molecular formula is C17H28N2O2. The number of unbranched alkanes of at least 4 members (excludes halogenated alkanes) is 1. The molecular weight excluding hydrogens is 264 g/mol. The third kappa shape index (κ3) is 3.97. The average molecular weight is 292 g/mol. The molecule has 1 aliphatic heterocycles. The summed E-state index contributed by atoms with van der Waals surface area (Å²) in [6.45, 7) is 4.82. The Kier molecular flexibility index (Phi) is 5.27. The fraction of sp³-hybridized carbons (Fsp3) is 0.882. The molecule has 118 valence electrons. The Labute approximate surface area is 128 Å². The summed E-state index contributed by atoms with van der Waals surface area (Å²) in [6, 6.07) is 2.55. The van der Waals surface area contributed by atoms with Crippen LogP contribution in [0.1, 0.15) is 65.2 Å². The van der Waals surface area contributed by atoms with E-state index in [-0.39, 0.29) is 11.5 Å². The van der Waals surface area contributed by atoms with Gasteiger partial charge in [0, 0.05) is 6.04 Å². The summed E-state index contributed by atoms with van der Waals surface area (Å²) in [6.07, 6.45) is 8.60. The van der Waals surface area contributed by atoms with Gasteiger partial charge >= 0.3 is 5.97 Å². The third-order valence-corrected chi connectivity index (χ3v) is 5.28. The first-order valence-corrected chi connectivity index (χ1v) is 8.34. The first-order valence-electron chi connectivity index (χ1n) is 8.34. The smallest absolute Gasteiger partial charge is 0.320 e. The summed E-state index contributed by atoms with van der Waals surface area (Å²) in [5.41, 5.74) is -0.259. The number of rotatable bonds is 6. The predicted molar refractivity (Wildman–Crippen MR) is 81.7 cm³/mol. The SMILES string of the molecule is CC(C)(C#N)CCCCN1C(C(=O)O)CC2CCCCC21. The first-order chi connectivity index (χ1) is 9.94. The van der Waals surface area contributed by atoms with E-state index < -0.39 is 5.97 Å². The topological polar surface area (TPSA) is 64.3 Å². The molecule has 0 aromatic heterocycles. The fourth-order valence-corrected chi connectivity index (χ4v) is 4.03. The number of carbonyl (C=O) groups is 1. The van der Waals surface area contributed by atoms with Gasteiger partial charge in [0.05, 0.1) is 11.5 Å². The molecule has 3 atom stereocenters. The van der Waals surface area contributed by atoms with E-state index in [2.05, 4.69) is 11.0 Å². The van der Waals surface area contributed by atoms with Gasteiger partial charge in [-0.15, -0.1) is 0 Å². The van der Waals surface area contributed by atoms with E-state index in [0.717, 1.165) is 38.6 Å². The molecule has 0 radical (unpaired) electrons. The molecule has 4 heteroatoms. The Morgan fingerprint density at radius 3 is 2.71 bits per heavy atom. The molecule has 1 heterocycles. The van der Waals surface area contributed by atoms with Crippen molar-refractivity contribution in [1.29, 1.82) is 5.26 Å². The molecule has 1 N–H and O–H groups in total. The van der Waals surface area contributed by atoms with Crippen LogP contribution in [-0.4, -0.2) is 34.6 Å². The number of nitrogens with zero attached hydrogens (tertiary/aromatic N) is 2. The normalized spacial score (nSPS) is 29.9. The van der Waals surface area contributed by atoms with Crippen LogP contribution in [0.3, 0.4) is 0 Å². The minimum atomic E-state index is -0.651. The highest BCUT2D eigenvalue weighted by molar-refractivity contribution is 5.74. The largest absolute Gasteiger partial charge is 0.480 e. The van der Waals surface area contributed by atoms with Crippen LogP contribution in [-0.2, 0) is 4.79 Å². The molecule has 1 saturated carbocycles. The molecule has 0 bridgehead atoms. The van der Waals surface area contributed by atoms with Gasteiger partial charge in [-0.25, -0.2) is 0 Å². The minimum Gasteiger partial charge on any atom is -0.480 e. The number of fused-ring (bicyclic) bond motifs is 1. The van der Waals surface area contributed by atoms with Crippen molar-refractivity contribution in [3.8, 4) is 6.07 Å². The fourth-order valence-electron chi connectivity index (χ4n) is 4.03. The second kappa shape index (κ2) is 6.79. The summed E-state index contributed by atoms with van der Waals surface area (Å²) in [7, 11) is 0. The molecule has 1 saturated heterocycles. The molecule has 0 aromatic carbocycles. The van der Waals surface area contributed by atoms with Crippen LogP contribution in [0.5, 0.6) is 0 Å². The number of carboxylic acids is 1. The highest BCUT2D eigenvalue weighted by Gasteiger charge is 2.44. The highest BCUT2D eigenvalue weighted by Crippen LogP contribution is 2.40. The van der Waals surface area contributed by atoms with Crippen LogP contribution in [0.4, 0.5) is 0 Å². The Bertz CT molecular complexity index is 414. The number of likely N-dealkylation sites (tertiary alicyclic amines) is 1. The third-order valence-electron chi connectivity index (χ3n) is 5.28. The van der Waals surface area contributed by atoms with Crippen LogP contribution >= 0.6 is 0 Å². The molecule has 0 aromatic rings. The molecule has 0 amide bonds. The van der Waals surface area contributed by atoms with Gasteiger partial charge in [-0.05, 0) is 58.4 Å². The van der Waals surface area contributed by atoms with E-state index in [0.29, 0.717) is 12.0 Å². The maximum Gasteiger partial charge on any atom is 0.320 e. The second-order valence-electron chi connectivity index (χ2n) is 7.39. The molecule has 4 nitrogen and oxygen atoms in total. The van der Waals surface area contributed by atoms with Gasteiger partial charge in [0.1, 0.15) is 6.04 Å². The van der Waals surface area contributed by atoms with Crippen molar-refractivity contribution in [2.75, 3.05) is 6.54 Å². The second-order valence-corrected chi connectivity index (χ2v) is 7.39. The molecule has 2 fully saturated rings. The standard InChI is InChI=1S/C17H28N2O2/c1-17(2,12-18)9-5-6-10-19-14-8-4-3-7-13(14)11-15(19)16(20)21/h13-15H,3-11H2,1-2H3,(H,20,21). The van der Waals surface area contributed by atoms with Crippen LogP contribution in [0.25, 0.3) is 0 Å². The van der Waals surface area contributed by atoms with Gasteiger partial charge in [0.2, 0.25) is 0 Å². The van der Waals surface area contributed by atoms with Gasteiger partial charge in [0.25, 0.3) is 0 Å².